The normalized spacial score (nSPS) is 11.6. The smallest absolute Gasteiger partial charge is 0.0738 e. The largest absolute Gasteiger partial charge is 0.277 e. The molecule has 2 aromatic heterocycles. The number of rotatable bonds is 3. The highest BCUT2D eigenvalue weighted by Crippen LogP contribution is 2.24. The Morgan fingerprint density at radius 2 is 2.10 bits per heavy atom. The molecule has 0 aliphatic heterocycles. The Balaban J connectivity index is 1.92. The number of hydrogen-bond acceptors (Lipinski definition) is 4. The first-order valence-corrected chi connectivity index (χ1v) is 6.87. The molecule has 0 aliphatic carbocycles. The minimum atomic E-state index is 0.669. The van der Waals surface area contributed by atoms with E-state index < -0.39 is 0 Å². The van der Waals surface area contributed by atoms with E-state index in [4.69, 9.17) is 11.6 Å². The second-order valence-corrected chi connectivity index (χ2v) is 5.01. The van der Waals surface area contributed by atoms with Crippen LogP contribution in [0.15, 0.2) is 60.1 Å². The molecular weight excluding hydrogens is 284 g/mol. The van der Waals surface area contributed by atoms with Crippen molar-refractivity contribution in [3.63, 3.8) is 0 Å². The molecule has 4 nitrogen and oxygen atoms in total. The molecule has 0 spiro atoms. The van der Waals surface area contributed by atoms with E-state index >= 15 is 0 Å². The average molecular weight is 297 g/mol. The SMILES string of the molecule is C/C(=N\Nc1ccnc2cc(Cl)ccc12)c1cccnc1. The Kier molecular flexibility index (Phi) is 3.79. The fraction of sp³-hybridized carbons (Fsp3) is 0.0625. The van der Waals surface area contributed by atoms with Crippen molar-refractivity contribution < 1.29 is 0 Å². The number of halogens is 1. The van der Waals surface area contributed by atoms with Crippen molar-refractivity contribution in [2.45, 2.75) is 6.92 Å². The molecule has 2 heterocycles. The first kappa shape index (κ1) is 13.5. The van der Waals surface area contributed by atoms with Gasteiger partial charge in [-0.25, -0.2) is 0 Å². The van der Waals surface area contributed by atoms with Crippen LogP contribution in [0.2, 0.25) is 5.02 Å². The summed E-state index contributed by atoms with van der Waals surface area (Å²) in [5.74, 6) is 0. The van der Waals surface area contributed by atoms with E-state index in [2.05, 4.69) is 20.5 Å². The Labute approximate surface area is 127 Å². The monoisotopic (exact) mass is 296 g/mol. The van der Waals surface area contributed by atoms with Gasteiger partial charge >= 0.3 is 0 Å². The Morgan fingerprint density at radius 1 is 1.19 bits per heavy atom. The summed E-state index contributed by atoms with van der Waals surface area (Å²) >= 11 is 5.98. The van der Waals surface area contributed by atoms with E-state index in [0.717, 1.165) is 27.9 Å². The number of nitrogens with zero attached hydrogens (tertiary/aromatic N) is 3. The van der Waals surface area contributed by atoms with Crippen LogP contribution in [-0.2, 0) is 0 Å². The minimum absolute atomic E-state index is 0.669. The highest BCUT2D eigenvalue weighted by atomic mass is 35.5. The lowest BCUT2D eigenvalue weighted by Gasteiger charge is -2.07. The third-order valence-corrected chi connectivity index (χ3v) is 3.36. The molecule has 3 rings (SSSR count). The van der Waals surface area contributed by atoms with Crippen LogP contribution in [0.25, 0.3) is 10.9 Å². The summed E-state index contributed by atoms with van der Waals surface area (Å²) in [4.78, 5) is 8.39. The number of fused-ring (bicyclic) bond motifs is 1. The first-order valence-electron chi connectivity index (χ1n) is 6.49. The summed E-state index contributed by atoms with van der Waals surface area (Å²) in [5, 5.41) is 6.05. The zero-order chi connectivity index (χ0) is 14.7. The van der Waals surface area contributed by atoms with E-state index in [1.54, 1.807) is 18.6 Å². The van der Waals surface area contributed by atoms with Crippen molar-refractivity contribution in [2.24, 2.45) is 5.10 Å². The minimum Gasteiger partial charge on any atom is -0.277 e. The van der Waals surface area contributed by atoms with E-state index in [1.165, 1.54) is 0 Å². The predicted octanol–water partition coefficient (Wildman–Crippen LogP) is 4.12. The van der Waals surface area contributed by atoms with Crippen LogP contribution in [0.5, 0.6) is 0 Å². The summed E-state index contributed by atoms with van der Waals surface area (Å²) in [6, 6.07) is 11.3. The van der Waals surface area contributed by atoms with E-state index in [1.807, 2.05) is 43.3 Å². The van der Waals surface area contributed by atoms with E-state index in [0.29, 0.717) is 5.02 Å². The molecule has 1 N–H and O–H groups in total. The highest BCUT2D eigenvalue weighted by Gasteiger charge is 2.02. The van der Waals surface area contributed by atoms with Gasteiger partial charge in [-0.1, -0.05) is 17.7 Å². The van der Waals surface area contributed by atoms with Gasteiger partial charge in [0.1, 0.15) is 0 Å². The van der Waals surface area contributed by atoms with Gasteiger partial charge in [0.05, 0.1) is 16.9 Å². The van der Waals surface area contributed by atoms with Crippen LogP contribution in [0.1, 0.15) is 12.5 Å². The molecular formula is C16H13ClN4. The Bertz CT molecular complexity index is 800. The van der Waals surface area contributed by atoms with Gasteiger partial charge in [-0.05, 0) is 37.3 Å². The maximum absolute atomic E-state index is 5.98. The van der Waals surface area contributed by atoms with Gasteiger partial charge in [0.15, 0.2) is 0 Å². The molecule has 1 aromatic carbocycles. The zero-order valence-corrected chi connectivity index (χ0v) is 12.2. The van der Waals surface area contributed by atoms with Crippen molar-refractivity contribution in [1.29, 1.82) is 0 Å². The summed E-state index contributed by atoms with van der Waals surface area (Å²) in [7, 11) is 0. The molecule has 0 aliphatic rings. The third-order valence-electron chi connectivity index (χ3n) is 3.13. The van der Waals surface area contributed by atoms with Gasteiger partial charge in [0, 0.05) is 34.6 Å². The van der Waals surface area contributed by atoms with Crippen LogP contribution in [0, 0.1) is 0 Å². The summed E-state index contributed by atoms with van der Waals surface area (Å²) in [6.07, 6.45) is 5.26. The van der Waals surface area contributed by atoms with Gasteiger partial charge in [-0.3, -0.25) is 15.4 Å². The van der Waals surface area contributed by atoms with Gasteiger partial charge in [-0.2, -0.15) is 5.10 Å². The molecule has 0 fully saturated rings. The summed E-state index contributed by atoms with van der Waals surface area (Å²) in [6.45, 7) is 1.93. The van der Waals surface area contributed by atoms with Crippen LogP contribution in [0.3, 0.4) is 0 Å². The summed E-state index contributed by atoms with van der Waals surface area (Å²) in [5.41, 5.74) is 6.65. The van der Waals surface area contributed by atoms with Crippen molar-refractivity contribution in [1.82, 2.24) is 9.97 Å². The lowest BCUT2D eigenvalue weighted by Crippen LogP contribution is -2.00. The van der Waals surface area contributed by atoms with Gasteiger partial charge in [0.25, 0.3) is 0 Å². The number of aromatic nitrogens is 2. The molecule has 0 atom stereocenters. The van der Waals surface area contributed by atoms with Crippen molar-refractivity contribution in [2.75, 3.05) is 5.43 Å². The number of anilines is 1. The van der Waals surface area contributed by atoms with Gasteiger partial charge in [0.2, 0.25) is 0 Å². The number of pyridine rings is 2. The molecule has 3 aromatic rings. The zero-order valence-electron chi connectivity index (χ0n) is 11.4. The average Bonchev–Trinajstić information content (AvgIpc) is 2.53. The number of hydrazone groups is 1. The molecule has 0 unspecified atom stereocenters. The Hall–Kier alpha value is -2.46. The number of hydrogen-bond donors (Lipinski definition) is 1. The fourth-order valence-electron chi connectivity index (χ4n) is 2.00. The maximum Gasteiger partial charge on any atom is 0.0738 e. The molecule has 21 heavy (non-hydrogen) atoms. The fourth-order valence-corrected chi connectivity index (χ4v) is 2.17. The Morgan fingerprint density at radius 3 is 2.90 bits per heavy atom. The number of nitrogens with one attached hydrogen (secondary N) is 1. The van der Waals surface area contributed by atoms with Crippen LogP contribution >= 0.6 is 11.6 Å². The van der Waals surface area contributed by atoms with Crippen LogP contribution in [-0.4, -0.2) is 15.7 Å². The van der Waals surface area contributed by atoms with Crippen LogP contribution in [0.4, 0.5) is 5.69 Å². The molecule has 0 saturated carbocycles. The summed E-state index contributed by atoms with van der Waals surface area (Å²) < 4.78 is 0. The molecule has 0 radical (unpaired) electrons. The highest BCUT2D eigenvalue weighted by molar-refractivity contribution is 6.31. The first-order chi connectivity index (χ1) is 10.2. The third kappa shape index (κ3) is 3.01. The van der Waals surface area contributed by atoms with E-state index in [-0.39, 0.29) is 0 Å². The lowest BCUT2D eigenvalue weighted by atomic mass is 10.2. The topological polar surface area (TPSA) is 50.2 Å². The standard InChI is InChI=1S/C16H13ClN4/c1-11(12-3-2-7-18-10-12)20-21-15-6-8-19-16-9-13(17)4-5-14(15)16/h2-10H,1H3,(H,19,21)/b20-11+. The van der Waals surface area contributed by atoms with Crippen molar-refractivity contribution in [3.8, 4) is 0 Å². The molecule has 0 bridgehead atoms. The predicted molar refractivity (Wildman–Crippen MR) is 86.8 cm³/mol. The molecule has 104 valence electrons. The molecule has 5 heteroatoms. The number of benzene rings is 1. The van der Waals surface area contributed by atoms with Crippen LogP contribution < -0.4 is 5.43 Å². The van der Waals surface area contributed by atoms with Crippen molar-refractivity contribution in [3.05, 3.63) is 65.6 Å². The molecule has 0 saturated heterocycles. The van der Waals surface area contributed by atoms with Gasteiger partial charge < -0.3 is 0 Å². The lowest BCUT2D eigenvalue weighted by molar-refractivity contribution is 1.28. The second-order valence-electron chi connectivity index (χ2n) is 4.57. The molecule has 0 amide bonds. The quantitative estimate of drug-likeness (QED) is 0.584. The van der Waals surface area contributed by atoms with Gasteiger partial charge in [-0.15, -0.1) is 0 Å². The van der Waals surface area contributed by atoms with E-state index in [9.17, 15) is 0 Å². The second kappa shape index (κ2) is 5.89. The van der Waals surface area contributed by atoms with Crippen molar-refractivity contribution >= 4 is 33.9 Å². The maximum atomic E-state index is 5.98.